The molecule has 0 atom stereocenters. The Morgan fingerprint density at radius 2 is 1.36 bits per heavy atom. The molecule has 0 bridgehead atoms. The smallest absolute Gasteiger partial charge is 0.265 e. The molecule has 0 radical (unpaired) electrons. The largest absolute Gasteiger partial charge is 0.477 e. The topological polar surface area (TPSA) is 46.6 Å². The molecule has 3 aromatic carbocycles. The molecular formula is C24H16F5NO3. The molecule has 0 aliphatic carbocycles. The van der Waals surface area contributed by atoms with Gasteiger partial charge in [-0.05, 0) is 12.1 Å². The first kappa shape index (κ1) is 23.6. The number of para-hydroxylation sites is 1. The van der Waals surface area contributed by atoms with Crippen molar-refractivity contribution in [1.29, 1.82) is 0 Å². The summed E-state index contributed by atoms with van der Waals surface area (Å²) in [5.74, 6) is -14.0. The summed E-state index contributed by atoms with van der Waals surface area (Å²) in [4.78, 5) is 26.8. The molecule has 0 N–H and O–H groups in total. The Morgan fingerprint density at radius 1 is 0.818 bits per heavy atom. The first-order chi connectivity index (χ1) is 15.8. The van der Waals surface area contributed by atoms with Crippen molar-refractivity contribution in [2.45, 2.75) is 0 Å². The first-order valence-electron chi connectivity index (χ1n) is 9.52. The highest BCUT2D eigenvalue weighted by Gasteiger charge is 2.28. The zero-order valence-electron chi connectivity index (χ0n) is 17.0. The molecule has 0 saturated heterocycles. The van der Waals surface area contributed by atoms with Gasteiger partial charge in [-0.25, -0.2) is 13.2 Å². The Labute approximate surface area is 185 Å². The summed E-state index contributed by atoms with van der Waals surface area (Å²) >= 11 is 0. The van der Waals surface area contributed by atoms with Crippen molar-refractivity contribution in [3.8, 4) is 5.75 Å². The molecule has 0 aromatic heterocycles. The summed E-state index contributed by atoms with van der Waals surface area (Å²) in [6, 6.07) is 14.3. The molecule has 0 aliphatic heterocycles. The quantitative estimate of drug-likeness (QED) is 0.152. The predicted octanol–water partition coefficient (Wildman–Crippen LogP) is 5.21. The van der Waals surface area contributed by atoms with E-state index in [1.54, 1.807) is 42.5 Å². The zero-order chi connectivity index (χ0) is 24.1. The number of rotatable bonds is 8. The van der Waals surface area contributed by atoms with Crippen molar-refractivity contribution in [2.24, 2.45) is 0 Å². The lowest BCUT2D eigenvalue weighted by Crippen LogP contribution is -2.36. The van der Waals surface area contributed by atoms with Crippen LogP contribution >= 0.6 is 0 Å². The fourth-order valence-electron chi connectivity index (χ4n) is 3.03. The van der Waals surface area contributed by atoms with Crippen LogP contribution in [0.1, 0.15) is 15.9 Å². The second kappa shape index (κ2) is 10.1. The summed E-state index contributed by atoms with van der Waals surface area (Å²) in [5.41, 5.74) is 0.654. The number of benzene rings is 3. The molecule has 170 valence electrons. The number of ether oxygens (including phenoxy) is 1. The van der Waals surface area contributed by atoms with E-state index in [1.165, 1.54) is 18.2 Å². The lowest BCUT2D eigenvalue weighted by Gasteiger charge is -2.24. The molecule has 3 rings (SSSR count). The number of anilines is 1. The van der Waals surface area contributed by atoms with Crippen LogP contribution in [0, 0.1) is 29.1 Å². The van der Waals surface area contributed by atoms with Gasteiger partial charge in [0.1, 0.15) is 0 Å². The van der Waals surface area contributed by atoms with E-state index >= 15 is 0 Å². The molecule has 0 saturated carbocycles. The molecular weight excluding hydrogens is 445 g/mol. The predicted molar refractivity (Wildman–Crippen MR) is 111 cm³/mol. The van der Waals surface area contributed by atoms with Gasteiger partial charge in [0.25, 0.3) is 5.91 Å². The van der Waals surface area contributed by atoms with Crippen LogP contribution in [0.2, 0.25) is 0 Å². The summed E-state index contributed by atoms with van der Waals surface area (Å²) in [5, 5.41) is 0. The lowest BCUT2D eigenvalue weighted by atomic mass is 10.0. The molecule has 0 aliphatic rings. The Morgan fingerprint density at radius 3 is 1.97 bits per heavy atom. The molecule has 3 aromatic rings. The highest BCUT2D eigenvalue weighted by Crippen LogP contribution is 2.29. The first-order valence-corrected chi connectivity index (χ1v) is 9.52. The highest BCUT2D eigenvalue weighted by atomic mass is 19.2. The van der Waals surface area contributed by atoms with Crippen LogP contribution in [-0.4, -0.2) is 24.8 Å². The molecule has 0 heterocycles. The maximum atomic E-state index is 13.9. The van der Waals surface area contributed by atoms with Crippen LogP contribution in [-0.2, 0) is 4.79 Å². The van der Waals surface area contributed by atoms with Crippen LogP contribution < -0.4 is 9.64 Å². The van der Waals surface area contributed by atoms with Crippen LogP contribution in [0.15, 0.2) is 67.3 Å². The van der Waals surface area contributed by atoms with E-state index in [9.17, 15) is 31.5 Å². The number of ketones is 1. The van der Waals surface area contributed by atoms with Crippen molar-refractivity contribution in [3.63, 3.8) is 0 Å². The zero-order valence-corrected chi connectivity index (χ0v) is 17.0. The fourth-order valence-corrected chi connectivity index (χ4v) is 3.03. The second-order valence-electron chi connectivity index (χ2n) is 6.69. The summed E-state index contributed by atoms with van der Waals surface area (Å²) < 4.78 is 72.4. The molecule has 4 nitrogen and oxygen atoms in total. The summed E-state index contributed by atoms with van der Waals surface area (Å²) in [6.45, 7) is 2.34. The van der Waals surface area contributed by atoms with Gasteiger partial charge in [-0.3, -0.25) is 9.59 Å². The number of carbonyl (C=O) groups excluding carboxylic acids is 2. The van der Waals surface area contributed by atoms with E-state index in [0.29, 0.717) is 5.56 Å². The Bertz CT molecular complexity index is 1190. The molecule has 1 amide bonds. The van der Waals surface area contributed by atoms with Gasteiger partial charge < -0.3 is 9.64 Å². The number of hydrogen-bond acceptors (Lipinski definition) is 3. The van der Waals surface area contributed by atoms with Crippen molar-refractivity contribution >= 4 is 17.4 Å². The van der Waals surface area contributed by atoms with Gasteiger partial charge in [0, 0.05) is 17.7 Å². The SMILES string of the molecule is C=CCN(C(=O)COc1c(F)c(F)c(F)c(F)c1F)c1ccccc1C(=O)c1ccccc1. The Kier molecular flexibility index (Phi) is 7.22. The third-order valence-corrected chi connectivity index (χ3v) is 4.60. The van der Waals surface area contributed by atoms with Crippen molar-refractivity contribution in [3.05, 3.63) is 107 Å². The van der Waals surface area contributed by atoms with Gasteiger partial charge in [-0.1, -0.05) is 48.5 Å². The number of nitrogens with zero attached hydrogens (tertiary/aromatic N) is 1. The Hall–Kier alpha value is -4.01. The van der Waals surface area contributed by atoms with Gasteiger partial charge in [-0.2, -0.15) is 8.78 Å². The minimum absolute atomic E-state index is 0.127. The molecule has 33 heavy (non-hydrogen) atoms. The van der Waals surface area contributed by atoms with E-state index in [0.717, 1.165) is 4.90 Å². The number of hydrogen-bond donors (Lipinski definition) is 0. The van der Waals surface area contributed by atoms with Gasteiger partial charge in [0.2, 0.25) is 29.1 Å². The number of halogens is 5. The van der Waals surface area contributed by atoms with E-state index < -0.39 is 53.1 Å². The average molecular weight is 461 g/mol. The van der Waals surface area contributed by atoms with E-state index in [2.05, 4.69) is 11.3 Å². The number of amides is 1. The van der Waals surface area contributed by atoms with Crippen molar-refractivity contribution < 1.29 is 36.3 Å². The van der Waals surface area contributed by atoms with E-state index in [-0.39, 0.29) is 17.8 Å². The maximum Gasteiger partial charge on any atom is 0.265 e. The van der Waals surface area contributed by atoms with Gasteiger partial charge in [0.05, 0.1) is 5.69 Å². The highest BCUT2D eigenvalue weighted by molar-refractivity contribution is 6.14. The van der Waals surface area contributed by atoms with Gasteiger partial charge in [-0.15, -0.1) is 6.58 Å². The minimum Gasteiger partial charge on any atom is -0.477 e. The third-order valence-electron chi connectivity index (χ3n) is 4.60. The second-order valence-corrected chi connectivity index (χ2v) is 6.69. The standard InChI is InChI=1S/C24H16F5NO3/c1-2-12-30(16-11-7-6-10-15(16)23(32)14-8-4-3-5-9-14)17(31)13-33-24-21(28)19(26)18(25)20(27)22(24)29/h2-11H,1,12-13H2. The molecule has 0 fully saturated rings. The molecule has 0 unspecified atom stereocenters. The van der Waals surface area contributed by atoms with Gasteiger partial charge in [0.15, 0.2) is 18.1 Å². The lowest BCUT2D eigenvalue weighted by molar-refractivity contribution is -0.120. The van der Waals surface area contributed by atoms with E-state index in [4.69, 9.17) is 0 Å². The maximum absolute atomic E-state index is 13.9. The normalized spacial score (nSPS) is 10.6. The van der Waals surface area contributed by atoms with Gasteiger partial charge >= 0.3 is 0 Å². The van der Waals surface area contributed by atoms with E-state index in [1.807, 2.05) is 0 Å². The van der Waals surface area contributed by atoms with Crippen molar-refractivity contribution in [1.82, 2.24) is 0 Å². The summed E-state index contributed by atoms with van der Waals surface area (Å²) in [7, 11) is 0. The monoisotopic (exact) mass is 461 g/mol. The molecule has 9 heteroatoms. The Balaban J connectivity index is 1.92. The van der Waals surface area contributed by atoms with Crippen molar-refractivity contribution in [2.75, 3.05) is 18.1 Å². The minimum atomic E-state index is -2.34. The number of carbonyl (C=O) groups is 2. The molecule has 0 spiro atoms. The third kappa shape index (κ3) is 4.77. The van der Waals surface area contributed by atoms with Crippen LogP contribution in [0.5, 0.6) is 5.75 Å². The van der Waals surface area contributed by atoms with Crippen LogP contribution in [0.3, 0.4) is 0 Å². The summed E-state index contributed by atoms with van der Waals surface area (Å²) in [6.07, 6.45) is 1.33. The fraction of sp³-hybridized carbons (Fsp3) is 0.0833. The van der Waals surface area contributed by atoms with Crippen LogP contribution in [0.25, 0.3) is 0 Å². The average Bonchev–Trinajstić information content (AvgIpc) is 2.84. The van der Waals surface area contributed by atoms with Crippen LogP contribution in [0.4, 0.5) is 27.6 Å².